The van der Waals surface area contributed by atoms with Gasteiger partial charge >= 0.3 is 5.97 Å². The van der Waals surface area contributed by atoms with Crippen LogP contribution in [0.1, 0.15) is 90.4 Å². The summed E-state index contributed by atoms with van der Waals surface area (Å²) in [5.74, 6) is -0.117. The third-order valence-corrected chi connectivity index (χ3v) is 4.10. The molecule has 0 aromatic rings. The number of carbonyl (C=O) groups excluding carboxylic acids is 1. The third-order valence-electron chi connectivity index (χ3n) is 4.10. The summed E-state index contributed by atoms with van der Waals surface area (Å²) in [4.78, 5) is 10.9. The van der Waals surface area contributed by atoms with Crippen molar-refractivity contribution in [1.29, 1.82) is 0 Å². The first-order valence-corrected chi connectivity index (χ1v) is 9.77. The minimum absolute atomic E-state index is 0.117. The van der Waals surface area contributed by atoms with Gasteiger partial charge in [-0.25, -0.2) is 0 Å². The monoisotopic (exact) mass is 338 g/mol. The normalized spacial score (nSPS) is 13.0. The molecule has 0 rings (SSSR count). The molecular formula is C21H38O3. The van der Waals surface area contributed by atoms with Gasteiger partial charge in [-0.1, -0.05) is 63.3 Å². The average Bonchev–Trinajstić information content (AvgIpc) is 2.59. The van der Waals surface area contributed by atoms with E-state index in [0.717, 1.165) is 44.9 Å². The van der Waals surface area contributed by atoms with Gasteiger partial charge in [0.25, 0.3) is 0 Å². The van der Waals surface area contributed by atoms with Crippen molar-refractivity contribution >= 4 is 5.97 Å². The third kappa shape index (κ3) is 17.3. The zero-order chi connectivity index (χ0) is 17.9. The Labute approximate surface area is 149 Å². The van der Waals surface area contributed by atoms with Crippen molar-refractivity contribution in [2.24, 2.45) is 0 Å². The lowest BCUT2D eigenvalue weighted by Crippen LogP contribution is -2.00. The number of ether oxygens (including phenoxy) is 1. The van der Waals surface area contributed by atoms with Crippen LogP contribution in [0.15, 0.2) is 24.3 Å². The van der Waals surface area contributed by atoms with Gasteiger partial charge in [-0.2, -0.15) is 0 Å². The zero-order valence-corrected chi connectivity index (χ0v) is 15.8. The Morgan fingerprint density at radius 2 is 1.50 bits per heavy atom. The van der Waals surface area contributed by atoms with Gasteiger partial charge in [0.05, 0.1) is 13.2 Å². The van der Waals surface area contributed by atoms with Crippen molar-refractivity contribution in [3.05, 3.63) is 24.3 Å². The first kappa shape index (κ1) is 22.9. The molecule has 0 bridgehead atoms. The second-order valence-corrected chi connectivity index (χ2v) is 6.42. The van der Waals surface area contributed by atoms with Crippen molar-refractivity contribution in [1.82, 2.24) is 0 Å². The van der Waals surface area contributed by atoms with Crippen molar-refractivity contribution in [2.75, 3.05) is 7.11 Å². The van der Waals surface area contributed by atoms with Crippen LogP contribution in [0.25, 0.3) is 0 Å². The molecule has 0 aliphatic carbocycles. The number of methoxy groups -OCH3 is 1. The van der Waals surface area contributed by atoms with Crippen molar-refractivity contribution < 1.29 is 14.6 Å². The molecule has 0 amide bonds. The summed E-state index contributed by atoms with van der Waals surface area (Å²) in [5.41, 5.74) is 0. The predicted octanol–water partition coefficient (Wildman–Crippen LogP) is 5.72. The maximum Gasteiger partial charge on any atom is 0.305 e. The van der Waals surface area contributed by atoms with Crippen LogP contribution in [0.4, 0.5) is 0 Å². The number of carbonyl (C=O) groups is 1. The summed E-state index contributed by atoms with van der Waals surface area (Å²) in [5, 5.41) is 9.68. The molecule has 3 heteroatoms. The van der Waals surface area contributed by atoms with E-state index in [1.54, 1.807) is 0 Å². The largest absolute Gasteiger partial charge is 0.469 e. The fourth-order valence-electron chi connectivity index (χ4n) is 2.52. The molecule has 0 aromatic heterocycles. The van der Waals surface area contributed by atoms with Crippen molar-refractivity contribution in [3.8, 4) is 0 Å². The average molecular weight is 339 g/mol. The van der Waals surface area contributed by atoms with Crippen LogP contribution in [0.2, 0.25) is 0 Å². The second kappa shape index (κ2) is 18.3. The Balaban J connectivity index is 3.27. The molecule has 0 saturated heterocycles. The van der Waals surface area contributed by atoms with Crippen LogP contribution >= 0.6 is 0 Å². The first-order chi connectivity index (χ1) is 11.7. The van der Waals surface area contributed by atoms with Crippen LogP contribution in [-0.2, 0) is 9.53 Å². The molecule has 0 spiro atoms. The Hall–Kier alpha value is -1.09. The van der Waals surface area contributed by atoms with Crippen molar-refractivity contribution in [2.45, 2.75) is 96.5 Å². The van der Waals surface area contributed by atoms with Gasteiger partial charge in [-0.05, 0) is 44.9 Å². The minimum atomic E-state index is -0.246. The van der Waals surface area contributed by atoms with E-state index in [-0.39, 0.29) is 12.1 Å². The standard InChI is InChI=1S/C21H38O3/c1-3-4-17-20(22)18-15-13-11-9-7-5-6-8-10-12-14-16-19-21(23)24-2/h10,12,15,18,20,22H,3-9,11,13-14,16-17,19H2,1-2H3/t20-/m1/s1. The Kier molecular flexibility index (Phi) is 17.4. The fraction of sp³-hybridized carbons (Fsp3) is 0.762. The van der Waals surface area contributed by atoms with Gasteiger partial charge in [0, 0.05) is 6.42 Å². The quantitative estimate of drug-likeness (QED) is 0.222. The lowest BCUT2D eigenvalue weighted by molar-refractivity contribution is -0.140. The van der Waals surface area contributed by atoms with Crippen LogP contribution in [-0.4, -0.2) is 24.3 Å². The molecule has 0 aromatic carbocycles. The van der Waals surface area contributed by atoms with E-state index in [0.29, 0.717) is 6.42 Å². The number of esters is 1. The number of hydrogen-bond acceptors (Lipinski definition) is 3. The van der Waals surface area contributed by atoms with E-state index >= 15 is 0 Å². The number of aliphatic hydroxyl groups is 1. The van der Waals surface area contributed by atoms with Gasteiger partial charge in [0.2, 0.25) is 0 Å². The van der Waals surface area contributed by atoms with Crippen LogP contribution < -0.4 is 0 Å². The molecule has 0 unspecified atom stereocenters. The lowest BCUT2D eigenvalue weighted by atomic mass is 10.1. The topological polar surface area (TPSA) is 46.5 Å². The summed E-state index contributed by atoms with van der Waals surface area (Å²) in [6.45, 7) is 2.15. The molecule has 1 atom stereocenters. The summed E-state index contributed by atoms with van der Waals surface area (Å²) in [6, 6.07) is 0. The van der Waals surface area contributed by atoms with Gasteiger partial charge in [-0.15, -0.1) is 0 Å². The van der Waals surface area contributed by atoms with Crippen LogP contribution in [0.3, 0.4) is 0 Å². The molecule has 0 aliphatic heterocycles. The zero-order valence-electron chi connectivity index (χ0n) is 15.8. The Morgan fingerprint density at radius 3 is 2.12 bits per heavy atom. The Bertz CT molecular complexity index is 334. The second-order valence-electron chi connectivity index (χ2n) is 6.42. The van der Waals surface area contributed by atoms with Gasteiger partial charge in [0.15, 0.2) is 0 Å². The van der Waals surface area contributed by atoms with E-state index in [2.05, 4.69) is 29.9 Å². The van der Waals surface area contributed by atoms with Gasteiger partial charge in [0.1, 0.15) is 0 Å². The highest BCUT2D eigenvalue weighted by atomic mass is 16.5. The molecule has 0 radical (unpaired) electrons. The summed E-state index contributed by atoms with van der Waals surface area (Å²) >= 11 is 0. The highest BCUT2D eigenvalue weighted by Crippen LogP contribution is 2.09. The molecule has 140 valence electrons. The fourth-order valence-corrected chi connectivity index (χ4v) is 2.52. The number of aliphatic hydroxyl groups excluding tert-OH is 1. The number of hydrogen-bond donors (Lipinski definition) is 1. The molecule has 0 fully saturated rings. The highest BCUT2D eigenvalue weighted by Gasteiger charge is 1.97. The van der Waals surface area contributed by atoms with E-state index in [1.807, 2.05) is 6.08 Å². The summed E-state index contributed by atoms with van der Waals surface area (Å²) in [7, 11) is 1.44. The molecule has 3 nitrogen and oxygen atoms in total. The van der Waals surface area contributed by atoms with Gasteiger partial charge < -0.3 is 9.84 Å². The van der Waals surface area contributed by atoms with E-state index in [1.165, 1.54) is 39.2 Å². The lowest BCUT2D eigenvalue weighted by Gasteiger charge is -2.03. The highest BCUT2D eigenvalue weighted by molar-refractivity contribution is 5.68. The minimum Gasteiger partial charge on any atom is -0.469 e. The summed E-state index contributed by atoms with van der Waals surface area (Å²) in [6.07, 6.45) is 22.3. The maximum atomic E-state index is 10.9. The number of rotatable bonds is 16. The maximum absolute atomic E-state index is 10.9. The first-order valence-electron chi connectivity index (χ1n) is 9.77. The molecule has 0 heterocycles. The van der Waals surface area contributed by atoms with Crippen LogP contribution in [0, 0.1) is 0 Å². The van der Waals surface area contributed by atoms with Crippen molar-refractivity contribution in [3.63, 3.8) is 0 Å². The predicted molar refractivity (Wildman–Crippen MR) is 102 cm³/mol. The molecule has 0 aliphatic rings. The SMILES string of the molecule is CCCC[C@@H](O)C=CCCCCCCCC=CCCCC(=O)OC. The van der Waals surface area contributed by atoms with Gasteiger partial charge in [-0.3, -0.25) is 4.79 Å². The molecular weight excluding hydrogens is 300 g/mol. The number of allylic oxidation sites excluding steroid dienone is 3. The van der Waals surface area contributed by atoms with E-state index in [4.69, 9.17) is 0 Å². The molecule has 0 saturated carbocycles. The van der Waals surface area contributed by atoms with Crippen LogP contribution in [0.5, 0.6) is 0 Å². The molecule has 24 heavy (non-hydrogen) atoms. The van der Waals surface area contributed by atoms with E-state index < -0.39 is 0 Å². The molecule has 1 N–H and O–H groups in total. The van der Waals surface area contributed by atoms with E-state index in [9.17, 15) is 9.90 Å². The Morgan fingerprint density at radius 1 is 0.917 bits per heavy atom. The number of unbranched alkanes of at least 4 members (excludes halogenated alkanes) is 8. The summed E-state index contributed by atoms with van der Waals surface area (Å²) < 4.78 is 4.60. The smallest absolute Gasteiger partial charge is 0.305 e.